The molecule has 0 spiro atoms. The maximum atomic E-state index is 5.79. The monoisotopic (exact) mass is 347 g/mol. The van der Waals surface area contributed by atoms with Gasteiger partial charge in [-0.05, 0) is 12.1 Å². The van der Waals surface area contributed by atoms with Crippen molar-refractivity contribution in [1.29, 1.82) is 0 Å². The van der Waals surface area contributed by atoms with Gasteiger partial charge in [0.1, 0.15) is 5.15 Å². The number of benzene rings is 1. The van der Waals surface area contributed by atoms with E-state index in [1.807, 2.05) is 34.7 Å². The third kappa shape index (κ3) is 2.73. The molecule has 0 saturated carbocycles. The Balaban J connectivity index is 2.30. The number of halogens is 2. The first-order valence-electron chi connectivity index (χ1n) is 4.37. The van der Waals surface area contributed by atoms with Gasteiger partial charge in [0.2, 0.25) is 5.88 Å². The van der Waals surface area contributed by atoms with Crippen molar-refractivity contribution in [3.63, 3.8) is 0 Å². The SMILES string of the molecule is Nc1ccccc1Oc1cc(Cl)nc(I)n1. The lowest BCUT2D eigenvalue weighted by Crippen LogP contribution is -1.95. The summed E-state index contributed by atoms with van der Waals surface area (Å²) in [6, 6.07) is 8.72. The Labute approximate surface area is 111 Å². The summed E-state index contributed by atoms with van der Waals surface area (Å²) in [6.07, 6.45) is 0. The Morgan fingerprint density at radius 1 is 1.25 bits per heavy atom. The highest BCUT2D eigenvalue weighted by Crippen LogP contribution is 2.26. The van der Waals surface area contributed by atoms with Crippen LogP contribution in [-0.4, -0.2) is 9.97 Å². The summed E-state index contributed by atoms with van der Waals surface area (Å²) in [6.45, 7) is 0. The number of anilines is 1. The fraction of sp³-hybridized carbons (Fsp3) is 0. The van der Waals surface area contributed by atoms with Gasteiger partial charge in [0.05, 0.1) is 5.69 Å². The van der Waals surface area contributed by atoms with Crippen LogP contribution in [0.3, 0.4) is 0 Å². The number of nitrogens with two attached hydrogens (primary N) is 1. The minimum absolute atomic E-state index is 0.337. The lowest BCUT2D eigenvalue weighted by molar-refractivity contribution is 0.462. The molecule has 0 aliphatic heterocycles. The number of hydrogen-bond donors (Lipinski definition) is 1. The molecule has 0 fully saturated rings. The molecule has 6 heteroatoms. The van der Waals surface area contributed by atoms with Gasteiger partial charge >= 0.3 is 0 Å². The van der Waals surface area contributed by atoms with E-state index >= 15 is 0 Å². The van der Waals surface area contributed by atoms with Crippen molar-refractivity contribution in [2.75, 3.05) is 5.73 Å². The molecule has 0 unspecified atom stereocenters. The van der Waals surface area contributed by atoms with Crippen LogP contribution in [-0.2, 0) is 0 Å². The summed E-state index contributed by atoms with van der Waals surface area (Å²) in [5.41, 5.74) is 6.29. The lowest BCUT2D eigenvalue weighted by Gasteiger charge is -2.07. The summed E-state index contributed by atoms with van der Waals surface area (Å²) in [7, 11) is 0. The number of hydrogen-bond acceptors (Lipinski definition) is 4. The maximum absolute atomic E-state index is 5.79. The van der Waals surface area contributed by atoms with Gasteiger partial charge in [-0.3, -0.25) is 0 Å². The molecule has 1 aromatic heterocycles. The van der Waals surface area contributed by atoms with Crippen LogP contribution in [0.4, 0.5) is 5.69 Å². The van der Waals surface area contributed by atoms with Gasteiger partial charge in [0, 0.05) is 28.7 Å². The highest BCUT2D eigenvalue weighted by atomic mass is 127. The molecule has 2 N–H and O–H groups in total. The molecule has 4 nitrogen and oxygen atoms in total. The van der Waals surface area contributed by atoms with Crippen LogP contribution < -0.4 is 10.5 Å². The van der Waals surface area contributed by atoms with Crippen molar-refractivity contribution < 1.29 is 4.74 Å². The fourth-order valence-corrected chi connectivity index (χ4v) is 1.92. The third-order valence-electron chi connectivity index (χ3n) is 1.78. The van der Waals surface area contributed by atoms with Crippen LogP contribution in [0.5, 0.6) is 11.6 Å². The maximum Gasteiger partial charge on any atom is 0.224 e. The third-order valence-corrected chi connectivity index (χ3v) is 2.45. The van der Waals surface area contributed by atoms with E-state index in [0.29, 0.717) is 26.3 Å². The number of aromatic nitrogens is 2. The van der Waals surface area contributed by atoms with Crippen LogP contribution in [0.25, 0.3) is 0 Å². The Kier molecular flexibility index (Phi) is 3.45. The van der Waals surface area contributed by atoms with Crippen LogP contribution in [0, 0.1) is 3.83 Å². The normalized spacial score (nSPS) is 10.1. The van der Waals surface area contributed by atoms with Gasteiger partial charge in [-0.1, -0.05) is 23.7 Å². The smallest absolute Gasteiger partial charge is 0.224 e. The second-order valence-corrected chi connectivity index (χ2v) is 4.29. The summed E-state index contributed by atoms with van der Waals surface area (Å²) < 4.78 is 6.03. The predicted octanol–water partition coefficient (Wildman–Crippen LogP) is 3.11. The zero-order valence-corrected chi connectivity index (χ0v) is 10.9. The van der Waals surface area contributed by atoms with Gasteiger partial charge < -0.3 is 10.5 Å². The van der Waals surface area contributed by atoms with Crippen LogP contribution in [0.2, 0.25) is 5.15 Å². The number of nitrogens with zero attached hydrogens (tertiary/aromatic N) is 2. The summed E-state index contributed by atoms with van der Waals surface area (Å²) in [5.74, 6) is 0.926. The second kappa shape index (κ2) is 4.84. The van der Waals surface area contributed by atoms with Gasteiger partial charge in [-0.25, -0.2) is 4.98 Å². The van der Waals surface area contributed by atoms with Crippen molar-refractivity contribution in [1.82, 2.24) is 9.97 Å². The molecule has 0 radical (unpaired) electrons. The minimum atomic E-state index is 0.337. The molecule has 1 aromatic carbocycles. The number of rotatable bonds is 2. The van der Waals surface area contributed by atoms with Gasteiger partial charge in [-0.2, -0.15) is 4.98 Å². The largest absolute Gasteiger partial charge is 0.437 e. The molecule has 0 aliphatic carbocycles. The molecule has 1 heterocycles. The molecule has 2 aromatic rings. The van der Waals surface area contributed by atoms with Crippen molar-refractivity contribution in [3.05, 3.63) is 39.3 Å². The summed E-state index contributed by atoms with van der Waals surface area (Å²) in [4.78, 5) is 8.01. The van der Waals surface area contributed by atoms with Crippen molar-refractivity contribution in [2.45, 2.75) is 0 Å². The Morgan fingerprint density at radius 2 is 2.00 bits per heavy atom. The lowest BCUT2D eigenvalue weighted by atomic mass is 10.3. The van der Waals surface area contributed by atoms with E-state index in [-0.39, 0.29) is 0 Å². The first kappa shape index (κ1) is 11.4. The first-order chi connectivity index (χ1) is 7.65. The van der Waals surface area contributed by atoms with Crippen LogP contribution in [0.1, 0.15) is 0 Å². The topological polar surface area (TPSA) is 61.0 Å². The predicted molar refractivity (Wildman–Crippen MR) is 70.7 cm³/mol. The quantitative estimate of drug-likeness (QED) is 0.392. The molecule has 16 heavy (non-hydrogen) atoms. The van der Waals surface area contributed by atoms with Crippen molar-refractivity contribution >= 4 is 39.9 Å². The minimum Gasteiger partial charge on any atom is -0.437 e. The Bertz CT molecular complexity index is 501. The van der Waals surface area contributed by atoms with Crippen LogP contribution in [0.15, 0.2) is 30.3 Å². The molecular weight excluding hydrogens is 340 g/mol. The van der Waals surface area contributed by atoms with E-state index in [0.717, 1.165) is 0 Å². The van der Waals surface area contributed by atoms with Gasteiger partial charge in [0.25, 0.3) is 0 Å². The van der Waals surface area contributed by atoms with Crippen molar-refractivity contribution in [2.24, 2.45) is 0 Å². The molecule has 0 saturated heterocycles. The molecule has 0 amide bonds. The highest BCUT2D eigenvalue weighted by Gasteiger charge is 2.05. The van der Waals surface area contributed by atoms with Gasteiger partial charge in [0.15, 0.2) is 9.58 Å². The van der Waals surface area contributed by atoms with E-state index < -0.39 is 0 Å². The Morgan fingerprint density at radius 3 is 2.69 bits per heavy atom. The molecule has 0 atom stereocenters. The number of para-hydroxylation sites is 2. The fourth-order valence-electron chi connectivity index (χ4n) is 1.11. The second-order valence-electron chi connectivity index (χ2n) is 2.94. The number of ether oxygens (including phenoxy) is 1. The Hall–Kier alpha value is -1.08. The van der Waals surface area contributed by atoms with E-state index in [1.165, 1.54) is 6.07 Å². The average molecular weight is 348 g/mol. The standard InChI is InChI=1S/C10H7ClIN3O/c11-8-5-9(15-10(12)14-8)16-7-4-2-1-3-6(7)13/h1-5H,13H2. The highest BCUT2D eigenvalue weighted by molar-refractivity contribution is 14.1. The first-order valence-corrected chi connectivity index (χ1v) is 5.83. The molecule has 2 rings (SSSR count). The van der Waals surface area contributed by atoms with Crippen LogP contribution >= 0.6 is 34.2 Å². The average Bonchev–Trinajstić information content (AvgIpc) is 2.20. The van der Waals surface area contributed by atoms with E-state index in [9.17, 15) is 0 Å². The van der Waals surface area contributed by atoms with Crippen molar-refractivity contribution in [3.8, 4) is 11.6 Å². The molecule has 0 aliphatic rings. The summed E-state index contributed by atoms with van der Waals surface area (Å²) in [5, 5.41) is 0.337. The summed E-state index contributed by atoms with van der Waals surface area (Å²) >= 11 is 7.75. The molecular formula is C10H7ClIN3O. The van der Waals surface area contributed by atoms with E-state index in [4.69, 9.17) is 22.1 Å². The zero-order valence-electron chi connectivity index (χ0n) is 8.02. The van der Waals surface area contributed by atoms with Gasteiger partial charge in [-0.15, -0.1) is 0 Å². The number of nitrogen functional groups attached to an aromatic ring is 1. The van der Waals surface area contributed by atoms with E-state index in [1.54, 1.807) is 12.1 Å². The van der Waals surface area contributed by atoms with E-state index in [2.05, 4.69) is 9.97 Å². The molecule has 0 bridgehead atoms. The zero-order chi connectivity index (χ0) is 11.5. The molecule has 82 valence electrons.